The van der Waals surface area contributed by atoms with E-state index in [1.54, 1.807) is 23.5 Å². The van der Waals surface area contributed by atoms with E-state index in [1.165, 1.54) is 47.2 Å². The number of thiophene rings is 1. The Hall–Kier alpha value is -1.99. The summed E-state index contributed by atoms with van der Waals surface area (Å²) in [6, 6.07) is 6.15. The predicted molar refractivity (Wildman–Crippen MR) is 108 cm³/mol. The summed E-state index contributed by atoms with van der Waals surface area (Å²) in [5.74, 6) is 0.716. The molecule has 4 nitrogen and oxygen atoms in total. The Labute approximate surface area is 165 Å². The fourth-order valence-corrected chi connectivity index (χ4v) is 5.62. The molecule has 3 aromatic rings. The van der Waals surface area contributed by atoms with Gasteiger partial charge >= 0.3 is 0 Å². The topological polar surface area (TPSA) is 54.9 Å². The van der Waals surface area contributed by atoms with Gasteiger partial charge in [-0.3, -0.25) is 4.79 Å². The van der Waals surface area contributed by atoms with Crippen LogP contribution < -0.4 is 5.32 Å². The van der Waals surface area contributed by atoms with E-state index < -0.39 is 0 Å². The molecule has 27 heavy (non-hydrogen) atoms. The average molecular weight is 402 g/mol. The van der Waals surface area contributed by atoms with Crippen LogP contribution >= 0.6 is 23.1 Å². The zero-order valence-corrected chi connectivity index (χ0v) is 16.7. The van der Waals surface area contributed by atoms with Crippen molar-refractivity contribution in [1.29, 1.82) is 0 Å². The molecule has 7 heteroatoms. The van der Waals surface area contributed by atoms with E-state index in [0.717, 1.165) is 39.5 Å². The minimum atomic E-state index is -0.275. The number of nitrogens with zero attached hydrogens (tertiary/aromatic N) is 2. The fraction of sp³-hybridized carbons (Fsp3) is 0.350. The monoisotopic (exact) mass is 401 g/mol. The molecule has 0 saturated heterocycles. The highest BCUT2D eigenvalue weighted by Crippen LogP contribution is 2.39. The van der Waals surface area contributed by atoms with Crippen LogP contribution in [0.25, 0.3) is 10.2 Å². The maximum atomic E-state index is 12.9. The first-order valence-corrected chi connectivity index (χ1v) is 10.8. The van der Waals surface area contributed by atoms with Crippen molar-refractivity contribution in [2.45, 2.75) is 44.2 Å². The summed E-state index contributed by atoms with van der Waals surface area (Å²) < 4.78 is 12.9. The zero-order valence-electron chi connectivity index (χ0n) is 15.0. The molecule has 0 spiro atoms. The van der Waals surface area contributed by atoms with E-state index in [2.05, 4.69) is 15.3 Å². The maximum absolute atomic E-state index is 12.9. The number of benzene rings is 1. The zero-order chi connectivity index (χ0) is 18.8. The Morgan fingerprint density at radius 2 is 2.00 bits per heavy atom. The molecule has 140 valence electrons. The van der Waals surface area contributed by atoms with Crippen LogP contribution in [0.5, 0.6) is 0 Å². The number of hydrogen-bond donors (Lipinski definition) is 1. The summed E-state index contributed by atoms with van der Waals surface area (Å²) >= 11 is 3.25. The largest absolute Gasteiger partial charge is 0.351 e. The van der Waals surface area contributed by atoms with Gasteiger partial charge in [0.25, 0.3) is 0 Å². The number of nitrogens with one attached hydrogen (secondary N) is 1. The number of fused-ring (bicyclic) bond motifs is 3. The van der Waals surface area contributed by atoms with Crippen LogP contribution in [0.4, 0.5) is 4.39 Å². The van der Waals surface area contributed by atoms with Crippen LogP contribution in [-0.2, 0) is 24.2 Å². The molecule has 4 rings (SSSR count). The van der Waals surface area contributed by atoms with Gasteiger partial charge in [-0.15, -0.1) is 11.3 Å². The highest BCUT2D eigenvalue weighted by molar-refractivity contribution is 8.00. The smallest absolute Gasteiger partial charge is 0.230 e. The normalized spacial score (nSPS) is 13.6. The van der Waals surface area contributed by atoms with Crippen LogP contribution in [0.15, 0.2) is 29.3 Å². The lowest BCUT2D eigenvalue weighted by molar-refractivity contribution is -0.118. The van der Waals surface area contributed by atoms with Gasteiger partial charge in [0, 0.05) is 16.8 Å². The fourth-order valence-electron chi connectivity index (χ4n) is 3.32. The molecule has 0 atom stereocenters. The van der Waals surface area contributed by atoms with Gasteiger partial charge < -0.3 is 5.32 Å². The minimum absolute atomic E-state index is 0.0576. The number of aromatic nitrogens is 2. The van der Waals surface area contributed by atoms with Crippen molar-refractivity contribution < 1.29 is 9.18 Å². The molecule has 0 radical (unpaired) electrons. The van der Waals surface area contributed by atoms with Crippen molar-refractivity contribution >= 4 is 39.2 Å². The van der Waals surface area contributed by atoms with Gasteiger partial charge in [0.1, 0.15) is 21.5 Å². The molecule has 0 aliphatic heterocycles. The van der Waals surface area contributed by atoms with Crippen LogP contribution in [0.1, 0.15) is 34.7 Å². The maximum Gasteiger partial charge on any atom is 0.230 e. The third-order valence-corrected chi connectivity index (χ3v) is 6.80. The summed E-state index contributed by atoms with van der Waals surface area (Å²) in [4.78, 5) is 24.0. The van der Waals surface area contributed by atoms with Gasteiger partial charge in [-0.2, -0.15) is 0 Å². The lowest BCUT2D eigenvalue weighted by Gasteiger charge is -2.12. The van der Waals surface area contributed by atoms with Gasteiger partial charge in [-0.1, -0.05) is 23.9 Å². The number of halogens is 1. The van der Waals surface area contributed by atoms with Gasteiger partial charge in [0.15, 0.2) is 0 Å². The quantitative estimate of drug-likeness (QED) is 0.508. The second-order valence-corrected chi connectivity index (χ2v) is 8.71. The Morgan fingerprint density at radius 3 is 2.81 bits per heavy atom. The highest BCUT2D eigenvalue weighted by atomic mass is 32.2. The van der Waals surface area contributed by atoms with Crippen molar-refractivity contribution in [2.75, 3.05) is 5.75 Å². The lowest BCUT2D eigenvalue weighted by atomic mass is 9.97. The van der Waals surface area contributed by atoms with Crippen molar-refractivity contribution in [3.8, 4) is 0 Å². The molecule has 0 bridgehead atoms. The van der Waals surface area contributed by atoms with E-state index in [9.17, 15) is 9.18 Å². The van der Waals surface area contributed by atoms with Crippen LogP contribution in [0.3, 0.4) is 0 Å². The molecule has 2 aromatic heterocycles. The number of carbonyl (C=O) groups is 1. The van der Waals surface area contributed by atoms with Gasteiger partial charge in [0.05, 0.1) is 5.75 Å². The summed E-state index contributed by atoms with van der Waals surface area (Å²) in [7, 11) is 0. The predicted octanol–water partition coefficient (Wildman–Crippen LogP) is 4.43. The molecule has 1 N–H and O–H groups in total. The molecule has 1 aliphatic carbocycles. The number of hydrogen-bond acceptors (Lipinski definition) is 5. The molecule has 1 aliphatic rings. The van der Waals surface area contributed by atoms with Gasteiger partial charge in [-0.05, 0) is 55.9 Å². The summed E-state index contributed by atoms with van der Waals surface area (Å²) in [6.45, 7) is 2.29. The van der Waals surface area contributed by atoms with Crippen molar-refractivity contribution in [1.82, 2.24) is 15.3 Å². The van der Waals surface area contributed by atoms with Gasteiger partial charge in [0.2, 0.25) is 5.91 Å². The Balaban J connectivity index is 1.46. The molecule has 1 amide bonds. The van der Waals surface area contributed by atoms with Crippen LogP contribution in [0, 0.1) is 12.7 Å². The van der Waals surface area contributed by atoms with E-state index in [1.807, 2.05) is 6.92 Å². The Kier molecular flexibility index (Phi) is 5.41. The van der Waals surface area contributed by atoms with Crippen LogP contribution in [-0.4, -0.2) is 21.6 Å². The number of amides is 1. The Morgan fingerprint density at radius 1 is 1.22 bits per heavy atom. The Bertz CT molecular complexity index is 985. The third kappa shape index (κ3) is 4.14. The summed E-state index contributed by atoms with van der Waals surface area (Å²) in [5, 5.41) is 4.95. The number of aryl methyl sites for hydroxylation is 3. The van der Waals surface area contributed by atoms with Gasteiger partial charge in [-0.25, -0.2) is 14.4 Å². The first-order chi connectivity index (χ1) is 13.1. The van der Waals surface area contributed by atoms with Crippen molar-refractivity contribution in [2.24, 2.45) is 0 Å². The lowest BCUT2D eigenvalue weighted by Crippen LogP contribution is -2.24. The molecule has 1 aromatic carbocycles. The first-order valence-electron chi connectivity index (χ1n) is 9.03. The van der Waals surface area contributed by atoms with Crippen molar-refractivity contribution in [3.05, 3.63) is 51.9 Å². The molecule has 2 heterocycles. The number of rotatable bonds is 5. The van der Waals surface area contributed by atoms with E-state index >= 15 is 0 Å². The second kappa shape index (κ2) is 7.94. The highest BCUT2D eigenvalue weighted by Gasteiger charge is 2.21. The van der Waals surface area contributed by atoms with E-state index in [0.29, 0.717) is 12.3 Å². The summed E-state index contributed by atoms with van der Waals surface area (Å²) in [5.41, 5.74) is 2.26. The molecule has 0 fully saturated rings. The van der Waals surface area contributed by atoms with E-state index in [-0.39, 0.29) is 11.7 Å². The summed E-state index contributed by atoms with van der Waals surface area (Å²) in [6.07, 6.45) is 4.64. The van der Waals surface area contributed by atoms with Crippen molar-refractivity contribution in [3.63, 3.8) is 0 Å². The second-order valence-electron chi connectivity index (χ2n) is 6.66. The molecular weight excluding hydrogens is 381 g/mol. The average Bonchev–Trinajstić information content (AvgIpc) is 3.03. The molecule has 0 saturated carbocycles. The standard InChI is InChI=1S/C20H20FN3OS2/c1-12-23-19(18-15-4-2-3-5-16(15)27-20(18)24-12)26-11-17(25)22-10-13-6-8-14(21)9-7-13/h6-9H,2-5,10-11H2,1H3,(H,22,25). The number of carbonyl (C=O) groups excluding carboxylic acids is 1. The SMILES string of the molecule is Cc1nc(SCC(=O)NCc2ccc(F)cc2)c2c3c(sc2n1)CCCC3. The molecular formula is C20H20FN3OS2. The third-order valence-electron chi connectivity index (χ3n) is 4.64. The minimum Gasteiger partial charge on any atom is -0.351 e. The van der Waals surface area contributed by atoms with E-state index in [4.69, 9.17) is 0 Å². The number of thioether (sulfide) groups is 1. The first kappa shape index (κ1) is 18.4. The van der Waals surface area contributed by atoms with Crippen LogP contribution in [0.2, 0.25) is 0 Å². The molecule has 0 unspecified atom stereocenters.